The molecule has 0 spiro atoms. The normalized spacial score (nSPS) is 11.5. The molecule has 1 aromatic heterocycles. The Morgan fingerprint density at radius 1 is 1.45 bits per heavy atom. The fourth-order valence-electron chi connectivity index (χ4n) is 1.51. The second kappa shape index (κ2) is 5.22. The molecule has 7 nitrogen and oxygen atoms in total. The smallest absolute Gasteiger partial charge is 0.337 e. The minimum atomic E-state index is -3.74. The van der Waals surface area contributed by atoms with Gasteiger partial charge in [0, 0.05) is 0 Å². The van der Waals surface area contributed by atoms with Gasteiger partial charge in [-0.05, 0) is 25.1 Å². The quantitative estimate of drug-likeness (QED) is 0.913. The molecule has 0 aliphatic rings. The van der Waals surface area contributed by atoms with Gasteiger partial charge in [-0.25, -0.2) is 13.2 Å². The molecule has 0 radical (unpaired) electrons. The number of aryl methyl sites for hydroxylation is 1. The number of carbonyl (C=O) groups is 1. The number of sulfone groups is 1. The molecule has 20 heavy (non-hydrogen) atoms. The van der Waals surface area contributed by atoms with Crippen molar-refractivity contribution in [3.63, 3.8) is 0 Å². The van der Waals surface area contributed by atoms with Crippen molar-refractivity contribution in [3.05, 3.63) is 40.5 Å². The number of halogens is 1. The van der Waals surface area contributed by atoms with Gasteiger partial charge in [0.05, 0.1) is 15.5 Å². The van der Waals surface area contributed by atoms with Gasteiger partial charge in [-0.2, -0.15) is 4.98 Å². The minimum absolute atomic E-state index is 0.0408. The van der Waals surface area contributed by atoms with E-state index in [1.165, 1.54) is 6.07 Å². The molecule has 0 unspecified atom stereocenters. The van der Waals surface area contributed by atoms with Gasteiger partial charge in [-0.3, -0.25) is 0 Å². The van der Waals surface area contributed by atoms with E-state index in [1.807, 2.05) is 0 Å². The summed E-state index contributed by atoms with van der Waals surface area (Å²) >= 11 is 5.74. The second-order valence-electron chi connectivity index (χ2n) is 3.94. The van der Waals surface area contributed by atoms with E-state index in [4.69, 9.17) is 21.2 Å². The van der Waals surface area contributed by atoms with Crippen LogP contribution in [0, 0.1) is 6.92 Å². The molecule has 106 valence electrons. The van der Waals surface area contributed by atoms with Gasteiger partial charge in [0.2, 0.25) is 5.89 Å². The van der Waals surface area contributed by atoms with Crippen molar-refractivity contribution in [2.24, 2.45) is 0 Å². The summed E-state index contributed by atoms with van der Waals surface area (Å²) < 4.78 is 29.0. The van der Waals surface area contributed by atoms with Gasteiger partial charge in [-0.15, -0.1) is 0 Å². The third-order valence-corrected chi connectivity index (χ3v) is 4.33. The number of aromatic carboxylic acids is 1. The predicted molar refractivity (Wildman–Crippen MR) is 68.3 cm³/mol. The van der Waals surface area contributed by atoms with Crippen molar-refractivity contribution >= 4 is 27.4 Å². The molecule has 1 N–H and O–H groups in total. The monoisotopic (exact) mass is 316 g/mol. The van der Waals surface area contributed by atoms with E-state index in [1.54, 1.807) is 6.92 Å². The van der Waals surface area contributed by atoms with Gasteiger partial charge >= 0.3 is 5.97 Å². The zero-order valence-electron chi connectivity index (χ0n) is 10.2. The van der Waals surface area contributed by atoms with Crippen molar-refractivity contribution in [1.82, 2.24) is 10.1 Å². The summed E-state index contributed by atoms with van der Waals surface area (Å²) in [6.07, 6.45) is 0. The fraction of sp³-hybridized carbons (Fsp3) is 0.182. The highest BCUT2D eigenvalue weighted by molar-refractivity contribution is 7.90. The van der Waals surface area contributed by atoms with Crippen LogP contribution >= 0.6 is 11.6 Å². The molecule has 9 heteroatoms. The van der Waals surface area contributed by atoms with Gasteiger partial charge in [0.1, 0.15) is 5.75 Å². The number of rotatable bonds is 4. The Hall–Kier alpha value is -1.93. The number of carboxylic acids is 1. The Bertz CT molecular complexity index is 769. The van der Waals surface area contributed by atoms with E-state index < -0.39 is 21.6 Å². The standard InChI is InChI=1S/C11H9ClN2O5S/c1-6-13-10(19-14-6)5-20(17,18)7-2-3-8(11(15)16)9(12)4-7/h2-4H,5H2,1H3,(H,15,16). The highest BCUT2D eigenvalue weighted by Gasteiger charge is 2.21. The summed E-state index contributed by atoms with van der Waals surface area (Å²) in [7, 11) is -3.74. The van der Waals surface area contributed by atoms with E-state index in [2.05, 4.69) is 10.1 Å². The Balaban J connectivity index is 2.35. The van der Waals surface area contributed by atoms with E-state index in [0.29, 0.717) is 5.82 Å². The summed E-state index contributed by atoms with van der Waals surface area (Å²) in [5.74, 6) is -1.42. The van der Waals surface area contributed by atoms with E-state index in [0.717, 1.165) is 12.1 Å². The minimum Gasteiger partial charge on any atom is -0.478 e. The van der Waals surface area contributed by atoms with Gasteiger partial charge in [0.15, 0.2) is 15.7 Å². The first-order valence-corrected chi connectivity index (χ1v) is 7.37. The van der Waals surface area contributed by atoms with Gasteiger partial charge < -0.3 is 9.63 Å². The van der Waals surface area contributed by atoms with Crippen LogP contribution in [0.25, 0.3) is 0 Å². The summed E-state index contributed by atoms with van der Waals surface area (Å²) in [5, 5.41) is 12.2. The van der Waals surface area contributed by atoms with Crippen LogP contribution in [0.1, 0.15) is 22.1 Å². The number of nitrogens with zero attached hydrogens (tertiary/aromatic N) is 2. The van der Waals surface area contributed by atoms with E-state index in [-0.39, 0.29) is 21.4 Å². The highest BCUT2D eigenvalue weighted by Crippen LogP contribution is 2.23. The third-order valence-electron chi connectivity index (χ3n) is 2.41. The topological polar surface area (TPSA) is 110 Å². The van der Waals surface area contributed by atoms with Crippen LogP contribution < -0.4 is 0 Å². The molecule has 0 saturated heterocycles. The van der Waals surface area contributed by atoms with Crippen molar-refractivity contribution in [1.29, 1.82) is 0 Å². The van der Waals surface area contributed by atoms with Crippen LogP contribution in [-0.4, -0.2) is 29.6 Å². The summed E-state index contributed by atoms with van der Waals surface area (Å²) in [5.41, 5.74) is -0.167. The molecular formula is C11H9ClN2O5S. The van der Waals surface area contributed by atoms with Crippen LogP contribution in [0.5, 0.6) is 0 Å². The molecule has 2 aromatic rings. The zero-order valence-corrected chi connectivity index (χ0v) is 11.8. The second-order valence-corrected chi connectivity index (χ2v) is 6.34. The molecule has 0 saturated carbocycles. The Morgan fingerprint density at radius 2 is 2.15 bits per heavy atom. The molecule has 0 atom stereocenters. The SMILES string of the molecule is Cc1noc(CS(=O)(=O)c2ccc(C(=O)O)c(Cl)c2)n1. The van der Waals surface area contributed by atoms with Crippen LogP contribution in [0.15, 0.2) is 27.6 Å². The lowest BCUT2D eigenvalue weighted by Gasteiger charge is -2.04. The third kappa shape index (κ3) is 2.97. The number of carboxylic acid groups (broad SMARTS) is 1. The van der Waals surface area contributed by atoms with Crippen molar-refractivity contribution < 1.29 is 22.8 Å². The molecular weight excluding hydrogens is 308 g/mol. The van der Waals surface area contributed by atoms with Crippen LogP contribution in [-0.2, 0) is 15.6 Å². The lowest BCUT2D eigenvalue weighted by atomic mass is 10.2. The van der Waals surface area contributed by atoms with E-state index in [9.17, 15) is 13.2 Å². The average Bonchev–Trinajstić information content (AvgIpc) is 2.73. The van der Waals surface area contributed by atoms with Crippen molar-refractivity contribution in [2.45, 2.75) is 17.6 Å². The molecule has 1 aromatic carbocycles. The Labute approximate surface area is 119 Å². The fourth-order valence-corrected chi connectivity index (χ4v) is 3.02. The first-order chi connectivity index (χ1) is 9.29. The number of hydrogen-bond donors (Lipinski definition) is 1. The molecule has 0 bridgehead atoms. The highest BCUT2D eigenvalue weighted by atomic mass is 35.5. The molecule has 0 aliphatic carbocycles. The maximum absolute atomic E-state index is 12.1. The summed E-state index contributed by atoms with van der Waals surface area (Å²) in [4.78, 5) is 14.5. The lowest BCUT2D eigenvalue weighted by Crippen LogP contribution is -2.07. The van der Waals surface area contributed by atoms with Crippen LogP contribution in [0.3, 0.4) is 0 Å². The molecule has 0 aliphatic heterocycles. The predicted octanol–water partition coefficient (Wildman–Crippen LogP) is 1.70. The molecule has 1 heterocycles. The van der Waals surface area contributed by atoms with Crippen molar-refractivity contribution in [2.75, 3.05) is 0 Å². The number of benzene rings is 1. The zero-order chi connectivity index (χ0) is 14.9. The maximum Gasteiger partial charge on any atom is 0.337 e. The molecule has 0 amide bonds. The van der Waals surface area contributed by atoms with Crippen LogP contribution in [0.4, 0.5) is 0 Å². The van der Waals surface area contributed by atoms with E-state index >= 15 is 0 Å². The largest absolute Gasteiger partial charge is 0.478 e. The Kier molecular flexibility index (Phi) is 3.78. The van der Waals surface area contributed by atoms with Crippen molar-refractivity contribution in [3.8, 4) is 0 Å². The van der Waals surface area contributed by atoms with Gasteiger partial charge in [0.25, 0.3) is 0 Å². The lowest BCUT2D eigenvalue weighted by molar-refractivity contribution is 0.0697. The summed E-state index contributed by atoms with van der Waals surface area (Å²) in [6, 6.07) is 3.40. The van der Waals surface area contributed by atoms with Crippen LogP contribution in [0.2, 0.25) is 5.02 Å². The molecule has 0 fully saturated rings. The first kappa shape index (κ1) is 14.5. The Morgan fingerprint density at radius 3 is 2.65 bits per heavy atom. The summed E-state index contributed by atoms with van der Waals surface area (Å²) in [6.45, 7) is 1.57. The van der Waals surface area contributed by atoms with Gasteiger partial charge in [-0.1, -0.05) is 16.8 Å². The molecule has 2 rings (SSSR count). The first-order valence-electron chi connectivity index (χ1n) is 5.34. The average molecular weight is 317 g/mol. The number of hydrogen-bond acceptors (Lipinski definition) is 6. The number of aromatic nitrogens is 2. The maximum atomic E-state index is 12.1.